The van der Waals surface area contributed by atoms with Gasteiger partial charge in [0, 0.05) is 19.3 Å². The highest BCUT2D eigenvalue weighted by molar-refractivity contribution is 6.01. The van der Waals surface area contributed by atoms with Crippen LogP contribution in [0.4, 0.5) is 0 Å². The molecule has 0 fully saturated rings. The van der Waals surface area contributed by atoms with Gasteiger partial charge in [-0.15, -0.1) is 0 Å². The van der Waals surface area contributed by atoms with E-state index >= 15 is 0 Å². The molecule has 0 aliphatic rings. The Hall–Kier alpha value is -1.37. The lowest BCUT2D eigenvalue weighted by Crippen LogP contribution is -2.63. The third-order valence-corrected chi connectivity index (χ3v) is 14.6. The Kier molecular flexibility index (Phi) is 50.0. The van der Waals surface area contributed by atoms with E-state index < -0.39 is 35.2 Å². The molecule has 3 atom stereocenters. The van der Waals surface area contributed by atoms with Gasteiger partial charge in [0.15, 0.2) is 35.2 Å². The minimum absolute atomic E-state index is 0.0165. The van der Waals surface area contributed by atoms with E-state index in [2.05, 4.69) is 32.9 Å². The number of hydrogen-bond donors (Lipinski definition) is 3. The number of rotatable bonds is 56. The Morgan fingerprint density at radius 2 is 0.507 bits per heavy atom. The Balaban J connectivity index is 4.69. The minimum atomic E-state index is -2.81. The molecule has 3 N–H and O–H groups in total. The van der Waals surface area contributed by atoms with Crippen molar-refractivity contribution < 1.29 is 29.7 Å². The lowest BCUT2D eigenvalue weighted by molar-refractivity contribution is -0.181. The first-order valence-corrected chi connectivity index (χ1v) is 30.1. The van der Waals surface area contributed by atoms with Crippen LogP contribution in [0, 0.1) is 0 Å². The highest BCUT2D eigenvalue weighted by Crippen LogP contribution is 2.26. The van der Waals surface area contributed by atoms with E-state index in [0.29, 0.717) is 19.3 Å². The van der Waals surface area contributed by atoms with Gasteiger partial charge in [-0.2, -0.15) is 0 Å². The smallest absolute Gasteiger partial charge is 0.189 e. The van der Waals surface area contributed by atoms with Crippen LogP contribution in [0.25, 0.3) is 0 Å². The molecule has 0 heterocycles. The van der Waals surface area contributed by atoms with Crippen LogP contribution in [0.3, 0.4) is 0 Å². The van der Waals surface area contributed by atoms with Crippen molar-refractivity contribution in [3.63, 3.8) is 0 Å². The van der Waals surface area contributed by atoms with Crippen molar-refractivity contribution in [3.8, 4) is 0 Å². The molecule has 0 saturated heterocycles. The van der Waals surface area contributed by atoms with Gasteiger partial charge in [-0.3, -0.25) is 14.4 Å². The number of unbranched alkanes of at least 4 members (excludes halogenated alkanes) is 43. The zero-order chi connectivity index (χ0) is 49.2. The Morgan fingerprint density at radius 1 is 0.313 bits per heavy atom. The second kappa shape index (κ2) is 51.0. The molecule has 396 valence electrons. The summed E-state index contributed by atoms with van der Waals surface area (Å²) in [5.74, 6) is -2.12. The number of Topliss-reactive ketones (excluding diaryl/α,β-unsaturated/α-hetero) is 3. The summed E-state index contributed by atoms with van der Waals surface area (Å²) in [6, 6.07) is 0. The van der Waals surface area contributed by atoms with Crippen molar-refractivity contribution in [1.82, 2.24) is 0 Å². The summed E-state index contributed by atoms with van der Waals surface area (Å²) in [4.78, 5) is 40.3. The molecule has 0 aromatic heterocycles. The van der Waals surface area contributed by atoms with E-state index in [-0.39, 0.29) is 19.3 Å². The monoisotopic (exact) mass is 945 g/mol. The summed E-state index contributed by atoms with van der Waals surface area (Å²) < 4.78 is 0. The van der Waals surface area contributed by atoms with E-state index in [4.69, 9.17) is 0 Å². The van der Waals surface area contributed by atoms with Gasteiger partial charge in [-0.1, -0.05) is 290 Å². The summed E-state index contributed by atoms with van der Waals surface area (Å²) in [6.07, 6.45) is 56.4. The van der Waals surface area contributed by atoms with Gasteiger partial charge in [-0.25, -0.2) is 0 Å². The fourth-order valence-corrected chi connectivity index (χ4v) is 9.82. The van der Waals surface area contributed by atoms with Crippen LogP contribution < -0.4 is 0 Å². The summed E-state index contributed by atoms with van der Waals surface area (Å²) in [5.41, 5.74) is -2.81. The molecule has 0 amide bonds. The normalized spacial score (nSPS) is 13.6. The standard InChI is InChI=1S/C61H116O6/c1-4-7-10-13-16-19-22-25-28-29-30-31-34-36-39-42-45-48-51-54-57(63)60(66)61(67,58(64)55-52-49-46-43-40-37-33-27-24-21-18-15-12-9-6-3)59(65)56(62)53-50-47-44-41-38-35-32-26-23-20-17-14-11-8-5-2/h27,33,59-60,65-67H,4-26,28-32,34-55H2,1-3H3. The number of ketones is 3. The molecule has 0 aromatic rings. The van der Waals surface area contributed by atoms with Gasteiger partial charge in [0.25, 0.3) is 0 Å². The number of aliphatic hydroxyl groups is 3. The van der Waals surface area contributed by atoms with Crippen molar-refractivity contribution in [2.24, 2.45) is 0 Å². The first kappa shape index (κ1) is 65.6. The van der Waals surface area contributed by atoms with Gasteiger partial charge in [-0.05, 0) is 44.9 Å². The lowest BCUT2D eigenvalue weighted by atomic mass is 9.78. The summed E-state index contributed by atoms with van der Waals surface area (Å²) >= 11 is 0. The van der Waals surface area contributed by atoms with Crippen molar-refractivity contribution in [1.29, 1.82) is 0 Å². The molecule has 0 aromatic carbocycles. The second-order valence-corrected chi connectivity index (χ2v) is 21.1. The van der Waals surface area contributed by atoms with E-state index in [1.165, 1.54) is 205 Å². The van der Waals surface area contributed by atoms with Crippen molar-refractivity contribution in [3.05, 3.63) is 12.2 Å². The van der Waals surface area contributed by atoms with Crippen LogP contribution in [0.15, 0.2) is 12.2 Å². The van der Waals surface area contributed by atoms with E-state index in [1.807, 2.05) is 0 Å². The number of carbonyl (C=O) groups is 3. The zero-order valence-electron chi connectivity index (χ0n) is 45.2. The molecule has 67 heavy (non-hydrogen) atoms. The zero-order valence-corrected chi connectivity index (χ0v) is 45.2. The van der Waals surface area contributed by atoms with Gasteiger partial charge < -0.3 is 15.3 Å². The predicted octanol–water partition coefficient (Wildman–Crippen LogP) is 18.3. The highest BCUT2D eigenvalue weighted by Gasteiger charge is 2.53. The summed E-state index contributed by atoms with van der Waals surface area (Å²) in [6.45, 7) is 6.78. The van der Waals surface area contributed by atoms with E-state index in [1.54, 1.807) is 0 Å². The summed E-state index contributed by atoms with van der Waals surface area (Å²) in [7, 11) is 0. The molecule has 0 bridgehead atoms. The molecule has 0 spiro atoms. The van der Waals surface area contributed by atoms with Gasteiger partial charge in [0.2, 0.25) is 0 Å². The summed E-state index contributed by atoms with van der Waals surface area (Å²) in [5, 5.41) is 34.3. The molecular weight excluding hydrogens is 829 g/mol. The number of hydrogen-bond acceptors (Lipinski definition) is 6. The van der Waals surface area contributed by atoms with E-state index in [0.717, 1.165) is 77.0 Å². The average Bonchev–Trinajstić information content (AvgIpc) is 3.33. The van der Waals surface area contributed by atoms with E-state index in [9.17, 15) is 29.7 Å². The average molecular weight is 946 g/mol. The fourth-order valence-electron chi connectivity index (χ4n) is 9.82. The topological polar surface area (TPSA) is 112 Å². The minimum Gasteiger partial charge on any atom is -0.382 e. The highest BCUT2D eigenvalue weighted by atomic mass is 16.4. The first-order chi connectivity index (χ1) is 32.8. The van der Waals surface area contributed by atoms with Crippen LogP contribution in [-0.2, 0) is 14.4 Å². The van der Waals surface area contributed by atoms with Crippen LogP contribution in [-0.4, -0.2) is 50.5 Å². The number of carbonyl (C=O) groups excluding carboxylic acids is 3. The Bertz CT molecular complexity index is 1100. The molecule has 6 heteroatoms. The van der Waals surface area contributed by atoms with Gasteiger partial charge in [0.1, 0.15) is 0 Å². The first-order valence-electron chi connectivity index (χ1n) is 30.1. The molecule has 0 saturated carbocycles. The van der Waals surface area contributed by atoms with Crippen molar-refractivity contribution >= 4 is 17.3 Å². The molecule has 0 aliphatic heterocycles. The van der Waals surface area contributed by atoms with Crippen LogP contribution in [0.2, 0.25) is 0 Å². The van der Waals surface area contributed by atoms with Crippen molar-refractivity contribution in [2.75, 3.05) is 0 Å². The predicted molar refractivity (Wildman–Crippen MR) is 289 cm³/mol. The molecule has 6 nitrogen and oxygen atoms in total. The maximum absolute atomic E-state index is 13.7. The number of aliphatic hydroxyl groups excluding tert-OH is 2. The molecule has 0 rings (SSSR count). The van der Waals surface area contributed by atoms with Gasteiger partial charge >= 0.3 is 0 Å². The fraction of sp³-hybridized carbons (Fsp3) is 0.918. The maximum Gasteiger partial charge on any atom is 0.189 e. The Morgan fingerprint density at radius 3 is 0.746 bits per heavy atom. The molecular formula is C61H116O6. The quantitative estimate of drug-likeness (QED) is 0.0414. The third-order valence-electron chi connectivity index (χ3n) is 14.6. The second-order valence-electron chi connectivity index (χ2n) is 21.1. The maximum atomic E-state index is 13.7. The van der Waals surface area contributed by atoms with Crippen LogP contribution in [0.5, 0.6) is 0 Å². The van der Waals surface area contributed by atoms with Crippen molar-refractivity contribution in [2.45, 2.75) is 360 Å². The van der Waals surface area contributed by atoms with Crippen LogP contribution >= 0.6 is 0 Å². The van der Waals surface area contributed by atoms with Crippen LogP contribution in [0.1, 0.15) is 342 Å². The lowest BCUT2D eigenvalue weighted by Gasteiger charge is -2.34. The largest absolute Gasteiger partial charge is 0.382 e. The molecule has 0 aliphatic carbocycles. The molecule has 3 unspecified atom stereocenters. The molecule has 0 radical (unpaired) electrons. The number of allylic oxidation sites excluding steroid dienone is 2. The third kappa shape index (κ3) is 40.0. The SMILES string of the molecule is CCCCCCCCC=CCCCCCCCC(=O)C(O)(C(O)C(=O)CCCCCCCCCCCCCCCCC)C(O)C(=O)CCCCCCCCCCCCCCCCCCCCC. The Labute approximate surface area is 417 Å². The van der Waals surface area contributed by atoms with Gasteiger partial charge in [0.05, 0.1) is 0 Å².